The molecule has 0 amide bonds. The second kappa shape index (κ2) is 8.56. The Labute approximate surface area is 178 Å². The van der Waals surface area contributed by atoms with Crippen molar-refractivity contribution in [3.05, 3.63) is 41.2 Å². The number of benzene rings is 1. The second-order valence-corrected chi connectivity index (χ2v) is 7.87. The quantitative estimate of drug-likeness (QED) is 0.485. The predicted molar refractivity (Wildman–Crippen MR) is 98.3 cm³/mol. The van der Waals surface area contributed by atoms with Gasteiger partial charge in [-0.3, -0.25) is 9.19 Å². The number of fused-ring (bicyclic) bond motifs is 1. The summed E-state index contributed by atoms with van der Waals surface area (Å²) in [6, 6.07) is 2.32. The number of alkyl halides is 7. The molecule has 0 radical (unpaired) electrons. The Morgan fingerprint density at radius 3 is 2.41 bits per heavy atom. The summed E-state index contributed by atoms with van der Waals surface area (Å²) >= 11 is 0. The van der Waals surface area contributed by atoms with E-state index < -0.39 is 40.8 Å². The summed E-state index contributed by atoms with van der Waals surface area (Å²) in [5.41, 5.74) is -1.31. The molecule has 1 atom stereocenters. The topological polar surface area (TPSA) is 77.1 Å². The van der Waals surface area contributed by atoms with Gasteiger partial charge in [0.2, 0.25) is 0 Å². The van der Waals surface area contributed by atoms with E-state index in [-0.39, 0.29) is 21.9 Å². The number of nitrogens with zero attached hydrogens (tertiary/aromatic N) is 2. The molecule has 2 aromatic heterocycles. The molecular formula is C18H14F7N3O3S. The lowest BCUT2D eigenvalue weighted by Gasteiger charge is -2.20. The number of hydrogen-bond acceptors (Lipinski definition) is 5. The van der Waals surface area contributed by atoms with Gasteiger partial charge in [0.15, 0.2) is 5.16 Å². The van der Waals surface area contributed by atoms with E-state index in [0.717, 1.165) is 5.56 Å². The van der Waals surface area contributed by atoms with Crippen molar-refractivity contribution >= 4 is 21.8 Å². The van der Waals surface area contributed by atoms with E-state index in [0.29, 0.717) is 23.6 Å². The van der Waals surface area contributed by atoms with Crippen LogP contribution in [0.3, 0.4) is 0 Å². The summed E-state index contributed by atoms with van der Waals surface area (Å²) in [7, 11) is -0.491. The molecule has 1 aromatic carbocycles. The number of rotatable bonds is 7. The minimum atomic E-state index is -5.20. The van der Waals surface area contributed by atoms with E-state index in [4.69, 9.17) is 4.74 Å². The molecule has 174 valence electrons. The minimum absolute atomic E-state index is 0.185. The number of aromatic amines is 1. The van der Waals surface area contributed by atoms with Crippen molar-refractivity contribution < 1.29 is 44.4 Å². The van der Waals surface area contributed by atoms with Crippen molar-refractivity contribution in [2.45, 2.75) is 36.5 Å². The molecule has 0 spiro atoms. The van der Waals surface area contributed by atoms with Crippen LogP contribution in [0.1, 0.15) is 16.8 Å². The van der Waals surface area contributed by atoms with Gasteiger partial charge in [-0.2, -0.15) is 30.7 Å². The molecule has 32 heavy (non-hydrogen) atoms. The molecule has 3 aromatic rings. The Morgan fingerprint density at radius 2 is 1.81 bits per heavy atom. The molecule has 1 unspecified atom stereocenters. The number of pyridine rings is 1. The first kappa shape index (κ1) is 23.8. The van der Waals surface area contributed by atoms with E-state index in [9.17, 15) is 34.9 Å². The van der Waals surface area contributed by atoms with Crippen LogP contribution in [0.2, 0.25) is 0 Å². The Morgan fingerprint density at radius 1 is 1.12 bits per heavy atom. The Hall–Kier alpha value is -2.90. The van der Waals surface area contributed by atoms with E-state index >= 15 is 0 Å². The highest BCUT2D eigenvalue weighted by Gasteiger charge is 2.46. The van der Waals surface area contributed by atoms with Gasteiger partial charge in [-0.05, 0) is 13.0 Å². The molecule has 2 heterocycles. The fourth-order valence-electron chi connectivity index (χ4n) is 2.67. The normalized spacial score (nSPS) is 13.6. The minimum Gasteiger partial charge on any atom is -0.496 e. The van der Waals surface area contributed by atoms with Crippen molar-refractivity contribution in [1.29, 1.82) is 0 Å². The van der Waals surface area contributed by atoms with Gasteiger partial charge in [0.25, 0.3) is 0 Å². The van der Waals surface area contributed by atoms with Gasteiger partial charge in [0, 0.05) is 23.9 Å². The number of aromatic nitrogens is 3. The maximum atomic E-state index is 13.3. The number of aryl methyl sites for hydroxylation is 1. The average molecular weight is 485 g/mol. The highest BCUT2D eigenvalue weighted by molar-refractivity contribution is 7.84. The van der Waals surface area contributed by atoms with E-state index in [2.05, 4.69) is 19.7 Å². The molecule has 6 nitrogen and oxygen atoms in total. The van der Waals surface area contributed by atoms with Gasteiger partial charge < -0.3 is 14.5 Å². The van der Waals surface area contributed by atoms with E-state index in [1.165, 1.54) is 19.4 Å². The molecule has 0 fully saturated rings. The molecule has 3 rings (SSSR count). The van der Waals surface area contributed by atoms with E-state index in [1.54, 1.807) is 6.92 Å². The fourth-order valence-corrected chi connectivity index (χ4v) is 3.65. The van der Waals surface area contributed by atoms with Crippen molar-refractivity contribution in [2.75, 3.05) is 7.11 Å². The highest BCUT2D eigenvalue weighted by Crippen LogP contribution is 2.41. The highest BCUT2D eigenvalue weighted by atomic mass is 32.2. The van der Waals surface area contributed by atoms with Crippen LogP contribution >= 0.6 is 0 Å². The number of nitrogens with one attached hydrogen (secondary N) is 1. The number of hydrogen-bond donors (Lipinski definition) is 1. The zero-order valence-corrected chi connectivity index (χ0v) is 17.1. The summed E-state index contributed by atoms with van der Waals surface area (Å²) < 4.78 is 113. The van der Waals surface area contributed by atoms with Gasteiger partial charge in [0.1, 0.15) is 11.5 Å². The third kappa shape index (κ3) is 4.95. The van der Waals surface area contributed by atoms with Crippen LogP contribution in [0.4, 0.5) is 30.7 Å². The third-order valence-corrected chi connectivity index (χ3v) is 5.37. The number of halogens is 7. The van der Waals surface area contributed by atoms with Crippen LogP contribution < -0.4 is 9.47 Å². The monoisotopic (exact) mass is 485 g/mol. The molecular weight excluding hydrogens is 471 g/mol. The first-order valence-corrected chi connectivity index (χ1v) is 9.97. The lowest BCUT2D eigenvalue weighted by molar-refractivity contribution is -0.255. The first-order valence-electron chi connectivity index (χ1n) is 8.65. The van der Waals surface area contributed by atoms with Crippen molar-refractivity contribution in [3.8, 4) is 11.5 Å². The number of ether oxygens (including phenoxy) is 2. The maximum Gasteiger partial charge on any atom is 0.461 e. The van der Waals surface area contributed by atoms with Gasteiger partial charge in [-0.1, -0.05) is 0 Å². The molecule has 0 saturated heterocycles. The summed E-state index contributed by atoms with van der Waals surface area (Å²) in [5, 5.41) is -0.271. The van der Waals surface area contributed by atoms with Crippen LogP contribution in [-0.4, -0.2) is 38.8 Å². The van der Waals surface area contributed by atoms with Gasteiger partial charge in [-0.15, -0.1) is 0 Å². The van der Waals surface area contributed by atoms with Gasteiger partial charge in [0.05, 0.1) is 46.0 Å². The van der Waals surface area contributed by atoms with Gasteiger partial charge >= 0.3 is 18.7 Å². The molecule has 0 aliphatic rings. The van der Waals surface area contributed by atoms with Crippen molar-refractivity contribution in [3.63, 3.8) is 0 Å². The first-order chi connectivity index (χ1) is 14.8. The van der Waals surface area contributed by atoms with Crippen LogP contribution in [-0.2, 0) is 22.7 Å². The molecule has 0 saturated carbocycles. The average Bonchev–Trinajstić information content (AvgIpc) is 3.11. The molecule has 0 aliphatic heterocycles. The zero-order valence-electron chi connectivity index (χ0n) is 16.3. The SMILES string of the molecule is COc1cc(CS(=O)c2nc3cc(OC(F)(F)C(F)F)c(C(F)(F)F)cc3[nH]2)ncc1C. The molecule has 14 heteroatoms. The van der Waals surface area contributed by atoms with Gasteiger partial charge in [-0.25, -0.2) is 4.98 Å². The Kier molecular flexibility index (Phi) is 6.36. The number of imidazole rings is 1. The Bertz CT molecular complexity index is 1160. The predicted octanol–water partition coefficient (Wildman–Crippen LogP) is 4.84. The molecule has 1 N–H and O–H groups in total. The molecule has 0 bridgehead atoms. The number of methoxy groups -OCH3 is 1. The lowest BCUT2D eigenvalue weighted by atomic mass is 10.1. The van der Waals surface area contributed by atoms with Crippen LogP contribution in [0.15, 0.2) is 29.6 Å². The summed E-state index contributed by atoms with van der Waals surface area (Å²) in [5.74, 6) is -1.24. The van der Waals surface area contributed by atoms with Crippen LogP contribution in [0.25, 0.3) is 11.0 Å². The summed E-state index contributed by atoms with van der Waals surface area (Å²) in [6.07, 6.45) is -13.2. The maximum absolute atomic E-state index is 13.3. The van der Waals surface area contributed by atoms with Crippen molar-refractivity contribution in [1.82, 2.24) is 15.0 Å². The van der Waals surface area contributed by atoms with Crippen LogP contribution in [0, 0.1) is 6.92 Å². The number of H-pyrrole nitrogens is 1. The van der Waals surface area contributed by atoms with Crippen LogP contribution in [0.5, 0.6) is 11.5 Å². The van der Waals surface area contributed by atoms with E-state index in [1.807, 2.05) is 0 Å². The third-order valence-electron chi connectivity index (χ3n) is 4.19. The Balaban J connectivity index is 1.98. The molecule has 0 aliphatic carbocycles. The standard InChI is InChI=1S/C18H14F7N3O3S/c1-8-6-26-9(3-13(8)30-2)7-32(29)16-27-11-4-10(17(21,22)23)14(5-12(11)28-16)31-18(24,25)15(19)20/h3-6,15H,7H2,1-2H3,(H,27,28). The second-order valence-electron chi connectivity index (χ2n) is 6.50. The smallest absolute Gasteiger partial charge is 0.461 e. The fraction of sp³-hybridized carbons (Fsp3) is 0.333. The zero-order chi connectivity index (χ0) is 23.8. The summed E-state index contributed by atoms with van der Waals surface area (Å²) in [6.45, 7) is 1.74. The summed E-state index contributed by atoms with van der Waals surface area (Å²) in [4.78, 5) is 10.3. The van der Waals surface area contributed by atoms with Crippen molar-refractivity contribution in [2.24, 2.45) is 0 Å². The lowest BCUT2D eigenvalue weighted by Crippen LogP contribution is -2.34. The largest absolute Gasteiger partial charge is 0.496 e.